The molecular formula is C13H15NO3. The highest BCUT2D eigenvalue weighted by molar-refractivity contribution is 5.79. The summed E-state index contributed by atoms with van der Waals surface area (Å²) < 4.78 is 9.88. The number of esters is 1. The number of nitrogens with zero attached hydrogens (tertiary/aromatic N) is 1. The van der Waals surface area contributed by atoms with Crippen LogP contribution in [0.1, 0.15) is 25.8 Å². The van der Waals surface area contributed by atoms with Gasteiger partial charge in [0.25, 0.3) is 6.26 Å². The highest BCUT2D eigenvalue weighted by Crippen LogP contribution is 2.17. The Morgan fingerprint density at radius 1 is 1.41 bits per heavy atom. The fourth-order valence-corrected chi connectivity index (χ4v) is 1.23. The van der Waals surface area contributed by atoms with Gasteiger partial charge in [-0.2, -0.15) is 5.26 Å². The number of ether oxygens (including phenoxy) is 2. The highest BCUT2D eigenvalue weighted by atomic mass is 16.6. The van der Waals surface area contributed by atoms with Crippen LogP contribution in [0, 0.1) is 11.5 Å². The van der Waals surface area contributed by atoms with E-state index in [2.05, 4.69) is 0 Å². The smallest absolute Gasteiger partial charge is 0.351 e. The molecule has 0 spiro atoms. The fourth-order valence-electron chi connectivity index (χ4n) is 1.23. The van der Waals surface area contributed by atoms with Crippen molar-refractivity contribution < 1.29 is 14.3 Å². The third-order valence-electron chi connectivity index (χ3n) is 2.59. The third kappa shape index (κ3) is 3.49. The van der Waals surface area contributed by atoms with Gasteiger partial charge in [0.2, 0.25) is 5.60 Å². The van der Waals surface area contributed by atoms with E-state index in [1.807, 2.05) is 30.3 Å². The number of hydrogen-bond donors (Lipinski definition) is 0. The molecule has 0 aliphatic rings. The zero-order valence-electron chi connectivity index (χ0n) is 9.97. The summed E-state index contributed by atoms with van der Waals surface area (Å²) in [5, 5.41) is 8.49. The monoisotopic (exact) mass is 233 g/mol. The zero-order chi connectivity index (χ0) is 12.7. The van der Waals surface area contributed by atoms with Crippen LogP contribution >= 0.6 is 0 Å². The van der Waals surface area contributed by atoms with Crippen LogP contribution in [0.4, 0.5) is 0 Å². The minimum atomic E-state index is -1.19. The minimum absolute atomic E-state index is 0.185. The van der Waals surface area contributed by atoms with Gasteiger partial charge in [-0.3, -0.25) is 0 Å². The van der Waals surface area contributed by atoms with Crippen molar-refractivity contribution in [2.24, 2.45) is 0 Å². The van der Waals surface area contributed by atoms with E-state index < -0.39 is 11.6 Å². The standard InChI is InChI=1S/C13H15NO3/c1-3-13(2,17-10-14)12(15)16-9-11-7-5-4-6-8-11/h4-8H,3,9H2,1-2H3. The molecule has 0 aliphatic carbocycles. The van der Waals surface area contributed by atoms with Gasteiger partial charge < -0.3 is 9.47 Å². The predicted molar refractivity (Wildman–Crippen MR) is 61.6 cm³/mol. The summed E-state index contributed by atoms with van der Waals surface area (Å²) in [5.74, 6) is -0.523. The molecule has 1 rings (SSSR count). The Labute approximate surface area is 101 Å². The number of hydrogen-bond acceptors (Lipinski definition) is 4. The van der Waals surface area contributed by atoms with E-state index in [0.717, 1.165) is 5.56 Å². The molecule has 1 unspecified atom stereocenters. The van der Waals surface area contributed by atoms with E-state index >= 15 is 0 Å². The first kappa shape index (κ1) is 13.0. The molecule has 17 heavy (non-hydrogen) atoms. The molecule has 1 aromatic rings. The largest absolute Gasteiger partial charge is 0.458 e. The molecule has 0 saturated heterocycles. The molecule has 0 amide bonds. The van der Waals surface area contributed by atoms with Crippen molar-refractivity contribution in [1.82, 2.24) is 0 Å². The molecule has 90 valence electrons. The van der Waals surface area contributed by atoms with Gasteiger partial charge in [0.15, 0.2) is 0 Å². The Kier molecular flexibility index (Phi) is 4.53. The molecule has 0 N–H and O–H groups in total. The number of benzene rings is 1. The first-order chi connectivity index (χ1) is 8.12. The average molecular weight is 233 g/mol. The van der Waals surface area contributed by atoms with Gasteiger partial charge in [0, 0.05) is 0 Å². The molecule has 0 fully saturated rings. The number of nitriles is 1. The normalized spacial score (nSPS) is 13.2. The van der Waals surface area contributed by atoms with E-state index in [1.54, 1.807) is 13.8 Å². The van der Waals surface area contributed by atoms with Gasteiger partial charge in [-0.05, 0) is 18.9 Å². The van der Waals surface area contributed by atoms with Gasteiger partial charge in [0.1, 0.15) is 6.61 Å². The summed E-state index contributed by atoms with van der Waals surface area (Å²) in [5.41, 5.74) is -0.292. The maximum Gasteiger partial charge on any atom is 0.351 e. The number of rotatable bonds is 5. The van der Waals surface area contributed by atoms with Crippen molar-refractivity contribution in [3.63, 3.8) is 0 Å². The predicted octanol–water partition coefficient (Wildman–Crippen LogP) is 2.40. The molecule has 4 heteroatoms. The number of carbonyl (C=O) groups excluding carboxylic acids is 1. The molecule has 0 heterocycles. The summed E-state index contributed by atoms with van der Waals surface area (Å²) in [6.45, 7) is 3.49. The van der Waals surface area contributed by atoms with Crippen LogP contribution in [0.3, 0.4) is 0 Å². The van der Waals surface area contributed by atoms with Crippen molar-refractivity contribution in [2.45, 2.75) is 32.5 Å². The summed E-state index contributed by atoms with van der Waals surface area (Å²) in [6.07, 6.45) is 1.92. The first-order valence-corrected chi connectivity index (χ1v) is 5.40. The Morgan fingerprint density at radius 3 is 2.59 bits per heavy atom. The van der Waals surface area contributed by atoms with Crippen molar-refractivity contribution in [2.75, 3.05) is 0 Å². The lowest BCUT2D eigenvalue weighted by molar-refractivity contribution is -0.165. The van der Waals surface area contributed by atoms with Crippen LogP contribution in [-0.4, -0.2) is 11.6 Å². The van der Waals surface area contributed by atoms with E-state index in [1.165, 1.54) is 6.26 Å². The summed E-state index contributed by atoms with van der Waals surface area (Å²) >= 11 is 0. The van der Waals surface area contributed by atoms with E-state index in [4.69, 9.17) is 14.7 Å². The Balaban J connectivity index is 2.58. The third-order valence-corrected chi connectivity index (χ3v) is 2.59. The van der Waals surface area contributed by atoms with Crippen molar-refractivity contribution >= 4 is 5.97 Å². The van der Waals surface area contributed by atoms with Crippen LogP contribution in [0.5, 0.6) is 0 Å². The molecule has 0 bridgehead atoms. The van der Waals surface area contributed by atoms with Crippen LogP contribution in [0.15, 0.2) is 30.3 Å². The Morgan fingerprint density at radius 2 is 2.06 bits per heavy atom. The average Bonchev–Trinajstić information content (AvgIpc) is 2.37. The molecule has 0 saturated carbocycles. The SMILES string of the molecule is CCC(C)(OC#N)C(=O)OCc1ccccc1. The molecule has 0 aliphatic heterocycles. The Hall–Kier alpha value is -2.02. The lowest BCUT2D eigenvalue weighted by atomic mass is 10.0. The van der Waals surface area contributed by atoms with Crippen molar-refractivity contribution in [1.29, 1.82) is 5.26 Å². The quantitative estimate of drug-likeness (QED) is 0.578. The Bertz CT molecular complexity index is 410. The lowest BCUT2D eigenvalue weighted by Gasteiger charge is -2.22. The fraction of sp³-hybridized carbons (Fsp3) is 0.385. The second kappa shape index (κ2) is 5.90. The van der Waals surface area contributed by atoms with Gasteiger partial charge >= 0.3 is 5.97 Å². The lowest BCUT2D eigenvalue weighted by Crippen LogP contribution is -2.38. The van der Waals surface area contributed by atoms with Crippen LogP contribution in [0.2, 0.25) is 0 Å². The van der Waals surface area contributed by atoms with E-state index in [0.29, 0.717) is 6.42 Å². The van der Waals surface area contributed by atoms with Crippen molar-refractivity contribution in [3.05, 3.63) is 35.9 Å². The minimum Gasteiger partial charge on any atom is -0.458 e. The topological polar surface area (TPSA) is 59.3 Å². The molecular weight excluding hydrogens is 218 g/mol. The summed E-state index contributed by atoms with van der Waals surface area (Å²) in [4.78, 5) is 11.8. The van der Waals surface area contributed by atoms with E-state index in [-0.39, 0.29) is 6.61 Å². The van der Waals surface area contributed by atoms with Gasteiger partial charge in [-0.25, -0.2) is 4.79 Å². The highest BCUT2D eigenvalue weighted by Gasteiger charge is 2.35. The van der Waals surface area contributed by atoms with Crippen molar-refractivity contribution in [3.8, 4) is 6.26 Å². The molecule has 1 atom stereocenters. The van der Waals surface area contributed by atoms with Gasteiger partial charge in [0.05, 0.1) is 0 Å². The second-order valence-corrected chi connectivity index (χ2v) is 3.84. The van der Waals surface area contributed by atoms with E-state index in [9.17, 15) is 4.79 Å². The van der Waals surface area contributed by atoms with Crippen LogP contribution in [0.25, 0.3) is 0 Å². The van der Waals surface area contributed by atoms with Crippen LogP contribution in [-0.2, 0) is 20.9 Å². The molecule has 0 aromatic heterocycles. The van der Waals surface area contributed by atoms with Crippen LogP contribution < -0.4 is 0 Å². The first-order valence-electron chi connectivity index (χ1n) is 5.40. The number of carbonyl (C=O) groups is 1. The molecule has 4 nitrogen and oxygen atoms in total. The summed E-state index contributed by atoms with van der Waals surface area (Å²) in [6, 6.07) is 9.35. The van der Waals surface area contributed by atoms with Gasteiger partial charge in [-0.1, -0.05) is 37.3 Å². The van der Waals surface area contributed by atoms with Gasteiger partial charge in [-0.15, -0.1) is 0 Å². The maximum atomic E-state index is 11.8. The summed E-state index contributed by atoms with van der Waals surface area (Å²) in [7, 11) is 0. The zero-order valence-corrected chi connectivity index (χ0v) is 9.97. The molecule has 1 aromatic carbocycles. The second-order valence-electron chi connectivity index (χ2n) is 3.84. The maximum absolute atomic E-state index is 11.8. The molecule has 0 radical (unpaired) electrons.